The van der Waals surface area contributed by atoms with Crippen LogP contribution in [0.4, 0.5) is 0 Å². The van der Waals surface area contributed by atoms with Crippen LogP contribution in [0.25, 0.3) is 0 Å². The Hall–Kier alpha value is -1.90. The van der Waals surface area contributed by atoms with Crippen LogP contribution >= 0.6 is 15.9 Å². The normalized spacial score (nSPS) is 24.1. The van der Waals surface area contributed by atoms with E-state index in [0.29, 0.717) is 10.2 Å². The molecular formula is C24H28BrNO5S. The Bertz CT molecular complexity index is 1130. The van der Waals surface area contributed by atoms with Crippen LogP contribution in [-0.2, 0) is 14.8 Å². The van der Waals surface area contributed by atoms with E-state index in [0.717, 1.165) is 31.2 Å². The number of nitrogens with one attached hydrogen (secondary N) is 1. The summed E-state index contributed by atoms with van der Waals surface area (Å²) in [5.41, 5.74) is 0.672. The third kappa shape index (κ3) is 4.45. The van der Waals surface area contributed by atoms with Gasteiger partial charge in [-0.3, -0.25) is 4.79 Å². The molecule has 32 heavy (non-hydrogen) atoms. The summed E-state index contributed by atoms with van der Waals surface area (Å²) < 4.78 is 40.8. The van der Waals surface area contributed by atoms with Gasteiger partial charge >= 0.3 is 0 Å². The zero-order valence-electron chi connectivity index (χ0n) is 18.4. The van der Waals surface area contributed by atoms with Crippen molar-refractivity contribution in [2.75, 3.05) is 0 Å². The molecule has 4 rings (SSSR count). The maximum atomic E-state index is 12.9. The molecular weight excluding hydrogens is 494 g/mol. The minimum absolute atomic E-state index is 0.00878. The number of sulfonamides is 1. The van der Waals surface area contributed by atoms with Gasteiger partial charge in [0.2, 0.25) is 0 Å². The third-order valence-electron chi connectivity index (χ3n) is 6.31. The Morgan fingerprint density at radius 1 is 1.19 bits per heavy atom. The minimum atomic E-state index is -4.03. The predicted octanol–water partition coefficient (Wildman–Crippen LogP) is 5.38. The highest BCUT2D eigenvalue weighted by Gasteiger charge is 2.47. The Morgan fingerprint density at radius 2 is 1.94 bits per heavy atom. The number of ether oxygens (including phenoxy) is 2. The Morgan fingerprint density at radius 3 is 2.66 bits per heavy atom. The highest BCUT2D eigenvalue weighted by molar-refractivity contribution is 9.10. The molecule has 1 fully saturated rings. The number of hydrogen-bond donors (Lipinski definition) is 1. The number of halogens is 1. The number of rotatable bonds is 5. The van der Waals surface area contributed by atoms with Crippen LogP contribution in [0.15, 0.2) is 51.8 Å². The fraction of sp³-hybridized carbons (Fsp3) is 0.458. The fourth-order valence-electron chi connectivity index (χ4n) is 4.69. The number of hydrogen-bond acceptors (Lipinski definition) is 5. The van der Waals surface area contributed by atoms with Crippen molar-refractivity contribution in [1.29, 1.82) is 0 Å². The molecule has 172 valence electrons. The lowest BCUT2D eigenvalue weighted by atomic mass is 9.74. The van der Waals surface area contributed by atoms with E-state index >= 15 is 0 Å². The van der Waals surface area contributed by atoms with Crippen LogP contribution in [0.5, 0.6) is 5.75 Å². The molecule has 1 N–H and O–H groups in total. The van der Waals surface area contributed by atoms with E-state index in [2.05, 4.69) is 41.4 Å². The molecule has 1 saturated heterocycles. The number of fused-ring (bicyclic) bond motifs is 3. The Kier molecular flexibility index (Phi) is 6.40. The van der Waals surface area contributed by atoms with E-state index in [9.17, 15) is 13.2 Å². The van der Waals surface area contributed by atoms with Crippen LogP contribution in [-0.4, -0.2) is 26.0 Å². The summed E-state index contributed by atoms with van der Waals surface area (Å²) in [4.78, 5) is 12.9. The molecule has 3 atom stereocenters. The molecule has 0 spiro atoms. The largest absolute Gasteiger partial charge is 0.487 e. The molecule has 2 aliphatic rings. The molecule has 0 aromatic heterocycles. The zero-order chi connectivity index (χ0) is 23.1. The number of benzene rings is 2. The number of carbonyl (C=O) groups excluding carboxylic acids is 1. The van der Waals surface area contributed by atoms with Crippen LogP contribution in [0, 0.1) is 5.92 Å². The monoisotopic (exact) mass is 521 g/mol. The second-order valence-electron chi connectivity index (χ2n) is 8.97. The number of carbonyl (C=O) groups is 1. The molecule has 1 amide bonds. The lowest BCUT2D eigenvalue weighted by Crippen LogP contribution is -2.48. The standard InChI is InChI=1S/C24H28BrNO5S/c1-4-7-16-11-12-18-22(30-16)17-14-15(10-13-20(17)31-24(18,2)3)23(27)26-32(28,29)21-9-6-5-8-19(21)25/h5-6,8-10,13-14,16,18,22H,4,7,11-12H2,1-3H3,(H,26,27)/t16-,18-,22+/m1/s1. The van der Waals surface area contributed by atoms with Crippen molar-refractivity contribution in [3.05, 3.63) is 58.1 Å². The van der Waals surface area contributed by atoms with Gasteiger partial charge in [-0.05, 0) is 79.4 Å². The molecule has 2 aromatic carbocycles. The van der Waals surface area contributed by atoms with Gasteiger partial charge in [0, 0.05) is 21.5 Å². The minimum Gasteiger partial charge on any atom is -0.487 e. The molecule has 0 bridgehead atoms. The molecule has 0 radical (unpaired) electrons. The molecule has 8 heteroatoms. The quantitative estimate of drug-likeness (QED) is 0.571. The summed E-state index contributed by atoms with van der Waals surface area (Å²) in [5.74, 6) is 0.148. The van der Waals surface area contributed by atoms with Gasteiger partial charge in [-0.2, -0.15) is 0 Å². The topological polar surface area (TPSA) is 81.7 Å². The summed E-state index contributed by atoms with van der Waals surface area (Å²) in [6.07, 6.45) is 3.99. The van der Waals surface area contributed by atoms with Crippen molar-refractivity contribution in [1.82, 2.24) is 4.72 Å². The maximum absolute atomic E-state index is 12.9. The lowest BCUT2D eigenvalue weighted by molar-refractivity contribution is -0.151. The summed E-state index contributed by atoms with van der Waals surface area (Å²) in [5, 5.41) is 0. The smallest absolute Gasteiger partial charge is 0.265 e. The van der Waals surface area contributed by atoms with Gasteiger partial charge in [0.1, 0.15) is 16.2 Å². The average Bonchev–Trinajstić information content (AvgIpc) is 2.73. The zero-order valence-corrected chi connectivity index (χ0v) is 20.8. The van der Waals surface area contributed by atoms with Crippen molar-refractivity contribution in [2.45, 2.75) is 69.2 Å². The van der Waals surface area contributed by atoms with Gasteiger partial charge in [-0.1, -0.05) is 25.5 Å². The van der Waals surface area contributed by atoms with Gasteiger partial charge < -0.3 is 9.47 Å². The first-order valence-corrected chi connectivity index (χ1v) is 13.2. The predicted molar refractivity (Wildman–Crippen MR) is 125 cm³/mol. The van der Waals surface area contributed by atoms with Crippen molar-refractivity contribution in [3.63, 3.8) is 0 Å². The van der Waals surface area contributed by atoms with E-state index < -0.39 is 15.9 Å². The van der Waals surface area contributed by atoms with Crippen molar-refractivity contribution >= 4 is 31.9 Å². The summed E-state index contributed by atoms with van der Waals surface area (Å²) in [6, 6.07) is 11.4. The van der Waals surface area contributed by atoms with Gasteiger partial charge in [-0.15, -0.1) is 0 Å². The first-order valence-electron chi connectivity index (χ1n) is 10.9. The molecule has 0 aliphatic carbocycles. The van der Waals surface area contributed by atoms with Gasteiger partial charge in [0.15, 0.2) is 0 Å². The molecule has 2 aromatic rings. The highest BCUT2D eigenvalue weighted by atomic mass is 79.9. The SMILES string of the molecule is CCC[C@@H]1CC[C@@H]2[C@@H](O1)c1cc(C(=O)NS(=O)(=O)c3ccccc3Br)ccc1OC2(C)C. The average molecular weight is 522 g/mol. The van der Waals surface area contributed by atoms with Gasteiger partial charge in [0.25, 0.3) is 15.9 Å². The lowest BCUT2D eigenvalue weighted by Gasteiger charge is -2.48. The second kappa shape index (κ2) is 8.80. The third-order valence-corrected chi connectivity index (χ3v) is 8.66. The summed E-state index contributed by atoms with van der Waals surface area (Å²) >= 11 is 3.23. The first kappa shape index (κ1) is 23.3. The van der Waals surface area contributed by atoms with Crippen molar-refractivity contribution < 1.29 is 22.7 Å². The molecule has 6 nitrogen and oxygen atoms in total. The fourth-order valence-corrected chi connectivity index (χ4v) is 6.66. The van der Waals surface area contributed by atoms with Crippen LogP contribution in [0.2, 0.25) is 0 Å². The number of amides is 1. The molecule has 0 saturated carbocycles. The van der Waals surface area contributed by atoms with E-state index in [1.54, 1.807) is 36.4 Å². The van der Waals surface area contributed by atoms with E-state index in [4.69, 9.17) is 9.47 Å². The van der Waals surface area contributed by atoms with Gasteiger partial charge in [-0.25, -0.2) is 13.1 Å². The van der Waals surface area contributed by atoms with Crippen LogP contribution in [0.3, 0.4) is 0 Å². The Labute approximate surface area is 197 Å². The van der Waals surface area contributed by atoms with E-state index in [1.807, 2.05) is 0 Å². The van der Waals surface area contributed by atoms with Crippen molar-refractivity contribution in [2.24, 2.45) is 5.92 Å². The highest BCUT2D eigenvalue weighted by Crippen LogP contribution is 2.51. The maximum Gasteiger partial charge on any atom is 0.265 e. The van der Waals surface area contributed by atoms with Gasteiger partial charge in [0.05, 0.1) is 12.2 Å². The molecule has 0 unspecified atom stereocenters. The second-order valence-corrected chi connectivity index (χ2v) is 11.5. The summed E-state index contributed by atoms with van der Waals surface area (Å²) in [7, 11) is -4.03. The van der Waals surface area contributed by atoms with E-state index in [-0.39, 0.29) is 34.2 Å². The molecule has 2 aliphatic heterocycles. The Balaban J connectivity index is 1.64. The van der Waals surface area contributed by atoms with Crippen LogP contribution in [0.1, 0.15) is 68.5 Å². The van der Waals surface area contributed by atoms with Crippen molar-refractivity contribution in [3.8, 4) is 5.75 Å². The van der Waals surface area contributed by atoms with E-state index in [1.165, 1.54) is 6.07 Å². The summed E-state index contributed by atoms with van der Waals surface area (Å²) in [6.45, 7) is 6.29. The first-order chi connectivity index (χ1) is 15.1. The van der Waals surface area contributed by atoms with Crippen LogP contribution < -0.4 is 9.46 Å². The molecule has 2 heterocycles.